The SMILES string of the molecule is C[C@H]1CN(C(=O)c2cccn2C2CC2)Cc2nnc(-c3ccccc3)n21. The first-order valence-electron chi connectivity index (χ1n) is 9.17. The van der Waals surface area contributed by atoms with E-state index in [0.717, 1.165) is 22.9 Å². The Bertz CT molecular complexity index is 954. The maximum absolute atomic E-state index is 13.1. The zero-order chi connectivity index (χ0) is 17.7. The van der Waals surface area contributed by atoms with Crippen LogP contribution in [0.4, 0.5) is 0 Å². The first kappa shape index (κ1) is 15.4. The van der Waals surface area contributed by atoms with Crippen LogP contribution in [0.25, 0.3) is 11.4 Å². The van der Waals surface area contributed by atoms with Gasteiger partial charge < -0.3 is 14.0 Å². The number of hydrogen-bond acceptors (Lipinski definition) is 3. The Morgan fingerprint density at radius 1 is 1.08 bits per heavy atom. The van der Waals surface area contributed by atoms with Crippen LogP contribution in [0.3, 0.4) is 0 Å². The van der Waals surface area contributed by atoms with Crippen molar-refractivity contribution in [3.63, 3.8) is 0 Å². The van der Waals surface area contributed by atoms with Gasteiger partial charge in [-0.05, 0) is 31.9 Å². The summed E-state index contributed by atoms with van der Waals surface area (Å²) in [5.41, 5.74) is 1.84. The average molecular weight is 347 g/mol. The van der Waals surface area contributed by atoms with E-state index in [9.17, 15) is 4.79 Å². The van der Waals surface area contributed by atoms with Crippen LogP contribution in [0.2, 0.25) is 0 Å². The number of aromatic nitrogens is 4. The van der Waals surface area contributed by atoms with Crippen LogP contribution in [-0.2, 0) is 6.54 Å². The zero-order valence-electron chi connectivity index (χ0n) is 14.7. The minimum Gasteiger partial charge on any atom is -0.340 e. The molecule has 1 aliphatic heterocycles. The van der Waals surface area contributed by atoms with Crippen molar-refractivity contribution in [2.24, 2.45) is 0 Å². The smallest absolute Gasteiger partial charge is 0.270 e. The fraction of sp³-hybridized carbons (Fsp3) is 0.350. The van der Waals surface area contributed by atoms with Gasteiger partial charge in [0.2, 0.25) is 0 Å². The standard InChI is InChI=1S/C20H21N5O/c1-14-12-23(20(26)17-8-5-11-24(17)16-9-10-16)13-18-21-22-19(25(14)18)15-6-3-2-4-7-15/h2-8,11,14,16H,9-10,12-13H2,1H3/t14-/m0/s1. The molecule has 3 heterocycles. The molecule has 0 saturated heterocycles. The van der Waals surface area contributed by atoms with Gasteiger partial charge in [0.25, 0.3) is 5.91 Å². The summed E-state index contributed by atoms with van der Waals surface area (Å²) in [7, 11) is 0. The molecule has 6 nitrogen and oxygen atoms in total. The van der Waals surface area contributed by atoms with Gasteiger partial charge in [-0.1, -0.05) is 30.3 Å². The van der Waals surface area contributed by atoms with Crippen LogP contribution < -0.4 is 0 Å². The Balaban J connectivity index is 1.45. The van der Waals surface area contributed by atoms with E-state index in [4.69, 9.17) is 0 Å². The van der Waals surface area contributed by atoms with Gasteiger partial charge in [0, 0.05) is 24.3 Å². The molecule has 0 spiro atoms. The molecule has 0 unspecified atom stereocenters. The van der Waals surface area contributed by atoms with Crippen LogP contribution in [0.5, 0.6) is 0 Å². The van der Waals surface area contributed by atoms with Crippen LogP contribution in [-0.4, -0.2) is 36.7 Å². The van der Waals surface area contributed by atoms with Crippen molar-refractivity contribution in [2.75, 3.05) is 6.54 Å². The highest BCUT2D eigenvalue weighted by atomic mass is 16.2. The van der Waals surface area contributed by atoms with Gasteiger partial charge in [-0.3, -0.25) is 4.79 Å². The summed E-state index contributed by atoms with van der Waals surface area (Å²) in [6, 6.07) is 14.6. The molecular weight excluding hydrogens is 326 g/mol. The van der Waals surface area contributed by atoms with Crippen LogP contribution in [0.1, 0.15) is 48.2 Å². The van der Waals surface area contributed by atoms with Gasteiger partial charge in [0.05, 0.1) is 12.6 Å². The second-order valence-electron chi connectivity index (χ2n) is 7.24. The number of nitrogens with zero attached hydrogens (tertiary/aromatic N) is 5. The Morgan fingerprint density at radius 3 is 2.65 bits per heavy atom. The molecule has 0 radical (unpaired) electrons. The molecule has 1 atom stereocenters. The molecule has 0 bridgehead atoms. The number of hydrogen-bond donors (Lipinski definition) is 0. The van der Waals surface area contributed by atoms with Crippen molar-refractivity contribution in [3.8, 4) is 11.4 Å². The molecule has 1 aromatic carbocycles. The minimum atomic E-state index is 0.0873. The maximum atomic E-state index is 13.1. The molecule has 132 valence electrons. The van der Waals surface area contributed by atoms with Gasteiger partial charge in [0.15, 0.2) is 11.6 Å². The molecule has 5 rings (SSSR count). The van der Waals surface area contributed by atoms with E-state index in [2.05, 4.69) is 26.3 Å². The third-order valence-corrected chi connectivity index (χ3v) is 5.28. The van der Waals surface area contributed by atoms with Crippen molar-refractivity contribution in [3.05, 3.63) is 60.2 Å². The predicted molar refractivity (Wildman–Crippen MR) is 97.6 cm³/mol. The Kier molecular flexibility index (Phi) is 3.45. The molecule has 2 aromatic heterocycles. The highest BCUT2D eigenvalue weighted by Gasteiger charge is 2.33. The summed E-state index contributed by atoms with van der Waals surface area (Å²) in [5, 5.41) is 8.78. The van der Waals surface area contributed by atoms with Crippen molar-refractivity contribution >= 4 is 5.91 Å². The van der Waals surface area contributed by atoms with Crippen molar-refractivity contribution in [1.29, 1.82) is 0 Å². The lowest BCUT2D eigenvalue weighted by molar-refractivity contribution is 0.0671. The molecule has 0 N–H and O–H groups in total. The Labute approximate surface area is 152 Å². The Morgan fingerprint density at radius 2 is 1.88 bits per heavy atom. The fourth-order valence-corrected chi connectivity index (χ4v) is 3.88. The van der Waals surface area contributed by atoms with Gasteiger partial charge in [-0.25, -0.2) is 0 Å². The lowest BCUT2D eigenvalue weighted by atomic mass is 10.1. The summed E-state index contributed by atoms with van der Waals surface area (Å²) in [6.07, 6.45) is 4.36. The van der Waals surface area contributed by atoms with Gasteiger partial charge >= 0.3 is 0 Å². The quantitative estimate of drug-likeness (QED) is 0.730. The molecule has 2 aliphatic rings. The normalized spacial score (nSPS) is 19.4. The summed E-state index contributed by atoms with van der Waals surface area (Å²) >= 11 is 0. The average Bonchev–Trinajstić information content (AvgIpc) is 3.23. The van der Waals surface area contributed by atoms with Crippen molar-refractivity contribution < 1.29 is 4.79 Å². The van der Waals surface area contributed by atoms with E-state index in [0.29, 0.717) is 19.1 Å². The first-order valence-corrected chi connectivity index (χ1v) is 9.17. The van der Waals surface area contributed by atoms with E-state index in [-0.39, 0.29) is 11.9 Å². The molecular formula is C20H21N5O. The van der Waals surface area contributed by atoms with Crippen LogP contribution in [0.15, 0.2) is 48.7 Å². The van der Waals surface area contributed by atoms with E-state index in [1.807, 2.05) is 53.6 Å². The molecule has 3 aromatic rings. The highest BCUT2D eigenvalue weighted by Crippen LogP contribution is 2.36. The molecule has 1 amide bonds. The lowest BCUT2D eigenvalue weighted by Gasteiger charge is -2.32. The number of benzene rings is 1. The largest absolute Gasteiger partial charge is 0.340 e. The zero-order valence-corrected chi connectivity index (χ0v) is 14.7. The van der Waals surface area contributed by atoms with Crippen LogP contribution in [0, 0.1) is 0 Å². The number of carbonyl (C=O) groups is 1. The summed E-state index contributed by atoms with van der Waals surface area (Å²) in [6.45, 7) is 3.29. The first-order chi connectivity index (χ1) is 12.7. The number of fused-ring (bicyclic) bond motifs is 1. The molecule has 6 heteroatoms. The van der Waals surface area contributed by atoms with Crippen LogP contribution >= 0.6 is 0 Å². The summed E-state index contributed by atoms with van der Waals surface area (Å²) in [4.78, 5) is 15.0. The highest BCUT2D eigenvalue weighted by molar-refractivity contribution is 5.93. The lowest BCUT2D eigenvalue weighted by Crippen LogP contribution is -2.41. The number of rotatable bonds is 3. The molecule has 1 fully saturated rings. The van der Waals surface area contributed by atoms with E-state index >= 15 is 0 Å². The second-order valence-corrected chi connectivity index (χ2v) is 7.24. The maximum Gasteiger partial charge on any atom is 0.270 e. The fourth-order valence-electron chi connectivity index (χ4n) is 3.88. The van der Waals surface area contributed by atoms with Gasteiger partial charge in [0.1, 0.15) is 5.69 Å². The Hall–Kier alpha value is -2.89. The number of amides is 1. The monoisotopic (exact) mass is 347 g/mol. The summed E-state index contributed by atoms with van der Waals surface area (Å²) in [5.74, 6) is 1.81. The van der Waals surface area contributed by atoms with E-state index < -0.39 is 0 Å². The predicted octanol–water partition coefficient (Wildman–Crippen LogP) is 3.30. The third kappa shape index (κ3) is 2.44. The summed E-state index contributed by atoms with van der Waals surface area (Å²) < 4.78 is 4.29. The van der Waals surface area contributed by atoms with Gasteiger partial charge in [-0.15, -0.1) is 10.2 Å². The van der Waals surface area contributed by atoms with Gasteiger partial charge in [-0.2, -0.15) is 0 Å². The topological polar surface area (TPSA) is 56.0 Å². The van der Waals surface area contributed by atoms with E-state index in [1.165, 1.54) is 12.8 Å². The van der Waals surface area contributed by atoms with Crippen molar-refractivity contribution in [1.82, 2.24) is 24.2 Å². The van der Waals surface area contributed by atoms with Crippen molar-refractivity contribution in [2.45, 2.75) is 38.4 Å². The number of carbonyl (C=O) groups excluding carboxylic acids is 1. The van der Waals surface area contributed by atoms with E-state index in [1.54, 1.807) is 0 Å². The third-order valence-electron chi connectivity index (χ3n) is 5.28. The molecule has 1 saturated carbocycles. The second kappa shape index (κ2) is 5.83. The minimum absolute atomic E-state index is 0.0873. The molecule has 1 aliphatic carbocycles. The molecule has 26 heavy (non-hydrogen) atoms.